The summed E-state index contributed by atoms with van der Waals surface area (Å²) >= 11 is 0. The molecule has 1 rings (SSSR count). The molecule has 0 atom stereocenters. The highest BCUT2D eigenvalue weighted by atomic mass is 35.5. The minimum absolute atomic E-state index is 0. The highest BCUT2D eigenvalue weighted by Crippen LogP contribution is 2.00. The van der Waals surface area contributed by atoms with E-state index in [1.54, 1.807) is 0 Å². The Hall–Kier alpha value is -1.62. The van der Waals surface area contributed by atoms with E-state index < -0.39 is 5.97 Å². The van der Waals surface area contributed by atoms with Gasteiger partial charge in [-0.2, -0.15) is 0 Å². The topological polar surface area (TPSA) is 89.1 Å². The smallest absolute Gasteiger partial charge is 0.339 e. The molecule has 0 fully saturated rings. The van der Waals surface area contributed by atoms with E-state index in [9.17, 15) is 4.79 Å². The average molecular weight is 216 g/mol. The number of carbonyl (C=O) groups is 1. The van der Waals surface area contributed by atoms with Crippen molar-refractivity contribution in [2.45, 2.75) is 0 Å². The second-order valence-corrected chi connectivity index (χ2v) is 2.34. The molecule has 0 radical (unpaired) electrons. The molecule has 0 spiro atoms. The number of aromatic nitrogens is 1. The second kappa shape index (κ2) is 5.18. The summed E-state index contributed by atoms with van der Waals surface area (Å²) in [5.74, 6) is -0.584. The number of halogens is 1. The fourth-order valence-electron chi connectivity index (χ4n) is 0.792. The van der Waals surface area contributed by atoms with E-state index >= 15 is 0 Å². The number of rotatable bonds is 2. The molecule has 5 nitrogen and oxygen atoms in total. The van der Waals surface area contributed by atoms with Gasteiger partial charge in [0, 0.05) is 6.20 Å². The Balaban J connectivity index is 0.00000169. The number of pyridine rings is 1. The molecule has 0 saturated carbocycles. The molecule has 1 aromatic rings. The number of nitrogens with two attached hydrogens (primary N) is 1. The van der Waals surface area contributed by atoms with Crippen LogP contribution in [0.1, 0.15) is 16.1 Å². The van der Waals surface area contributed by atoms with Crippen molar-refractivity contribution in [3.63, 3.8) is 0 Å². The molecule has 0 amide bonds. The molecule has 1 aromatic heterocycles. The van der Waals surface area contributed by atoms with Gasteiger partial charge in [-0.25, -0.2) is 4.79 Å². The number of methoxy groups -OCH3 is 1. The molecule has 14 heavy (non-hydrogen) atoms. The van der Waals surface area contributed by atoms with Crippen LogP contribution in [0, 0.1) is 5.41 Å². The summed E-state index contributed by atoms with van der Waals surface area (Å²) in [5, 5.41) is 7.06. The van der Waals surface area contributed by atoms with Gasteiger partial charge in [0.05, 0.1) is 12.7 Å². The van der Waals surface area contributed by atoms with E-state index in [-0.39, 0.29) is 18.2 Å². The Morgan fingerprint density at radius 2 is 2.21 bits per heavy atom. The van der Waals surface area contributed by atoms with Crippen molar-refractivity contribution in [2.75, 3.05) is 7.11 Å². The third-order valence-electron chi connectivity index (χ3n) is 1.46. The van der Waals surface area contributed by atoms with Gasteiger partial charge in [-0.3, -0.25) is 10.4 Å². The lowest BCUT2D eigenvalue weighted by Gasteiger charge is -1.99. The van der Waals surface area contributed by atoms with Crippen LogP contribution in [-0.2, 0) is 4.74 Å². The predicted octanol–water partition coefficient (Wildman–Crippen LogP) is 0.574. The van der Waals surface area contributed by atoms with Crippen LogP contribution in [0.2, 0.25) is 0 Å². The molecule has 0 unspecified atom stereocenters. The maximum atomic E-state index is 10.9. The largest absolute Gasteiger partial charge is 0.465 e. The summed E-state index contributed by atoms with van der Waals surface area (Å²) in [6.07, 6.45) is 1.32. The summed E-state index contributed by atoms with van der Waals surface area (Å²) < 4.78 is 4.47. The van der Waals surface area contributed by atoms with E-state index in [0.29, 0.717) is 11.3 Å². The highest BCUT2D eigenvalue weighted by Gasteiger charge is 2.05. The predicted molar refractivity (Wildman–Crippen MR) is 53.8 cm³/mol. The lowest BCUT2D eigenvalue weighted by atomic mass is 10.2. The molecule has 0 aliphatic rings. The quantitative estimate of drug-likeness (QED) is 0.429. The Morgan fingerprint density at radius 3 is 2.57 bits per heavy atom. The van der Waals surface area contributed by atoms with E-state index in [1.165, 1.54) is 25.4 Å². The van der Waals surface area contributed by atoms with Crippen molar-refractivity contribution >= 4 is 24.2 Å². The average Bonchev–Trinajstić information content (AvgIpc) is 2.17. The molecule has 0 saturated heterocycles. The Labute approximate surface area is 87.2 Å². The van der Waals surface area contributed by atoms with Crippen LogP contribution < -0.4 is 5.73 Å². The number of esters is 1. The first-order chi connectivity index (χ1) is 6.15. The SMILES string of the molecule is COC(=O)c1ccc(C(=N)N)nc1.Cl. The van der Waals surface area contributed by atoms with Gasteiger partial charge < -0.3 is 10.5 Å². The lowest BCUT2D eigenvalue weighted by Crippen LogP contribution is -2.13. The number of nitrogens with one attached hydrogen (secondary N) is 1. The van der Waals surface area contributed by atoms with Gasteiger partial charge in [-0.05, 0) is 12.1 Å². The van der Waals surface area contributed by atoms with Gasteiger partial charge in [0.25, 0.3) is 0 Å². The fraction of sp³-hybridized carbons (Fsp3) is 0.125. The van der Waals surface area contributed by atoms with Gasteiger partial charge in [0.2, 0.25) is 0 Å². The number of hydrogen-bond donors (Lipinski definition) is 2. The molecular weight excluding hydrogens is 206 g/mol. The van der Waals surface area contributed by atoms with Crippen LogP contribution in [0.25, 0.3) is 0 Å². The number of nitrogens with zero attached hydrogens (tertiary/aromatic N) is 1. The summed E-state index contributed by atoms with van der Waals surface area (Å²) in [6.45, 7) is 0. The van der Waals surface area contributed by atoms with E-state index in [1.807, 2.05) is 0 Å². The number of nitrogen functional groups attached to an aromatic ring is 1. The molecule has 0 aromatic carbocycles. The molecule has 0 bridgehead atoms. The minimum Gasteiger partial charge on any atom is -0.465 e. The normalized spacial score (nSPS) is 8.64. The zero-order chi connectivity index (χ0) is 9.84. The monoisotopic (exact) mass is 215 g/mol. The van der Waals surface area contributed by atoms with Crippen molar-refractivity contribution in [3.05, 3.63) is 29.6 Å². The maximum absolute atomic E-state index is 10.9. The van der Waals surface area contributed by atoms with Gasteiger partial charge in [0.15, 0.2) is 0 Å². The van der Waals surface area contributed by atoms with Gasteiger partial charge >= 0.3 is 5.97 Å². The fourth-order valence-corrected chi connectivity index (χ4v) is 0.792. The summed E-state index contributed by atoms with van der Waals surface area (Å²) in [4.78, 5) is 14.7. The van der Waals surface area contributed by atoms with E-state index in [4.69, 9.17) is 11.1 Å². The molecule has 1 heterocycles. The number of hydrogen-bond acceptors (Lipinski definition) is 4. The first-order valence-electron chi connectivity index (χ1n) is 3.54. The van der Waals surface area contributed by atoms with Crippen molar-refractivity contribution in [1.29, 1.82) is 5.41 Å². The minimum atomic E-state index is -0.456. The molecule has 6 heteroatoms. The van der Waals surface area contributed by atoms with Gasteiger partial charge in [0.1, 0.15) is 11.5 Å². The van der Waals surface area contributed by atoms with E-state index in [0.717, 1.165) is 0 Å². The lowest BCUT2D eigenvalue weighted by molar-refractivity contribution is 0.0600. The molecular formula is C8H10ClN3O2. The van der Waals surface area contributed by atoms with E-state index in [2.05, 4.69) is 9.72 Å². The molecule has 0 aliphatic carbocycles. The van der Waals surface area contributed by atoms with Crippen LogP contribution in [-0.4, -0.2) is 23.9 Å². The number of amidine groups is 1. The van der Waals surface area contributed by atoms with Gasteiger partial charge in [-0.15, -0.1) is 12.4 Å². The standard InChI is InChI=1S/C8H9N3O2.ClH/c1-13-8(12)5-2-3-6(7(9)10)11-4-5;/h2-4H,1H3,(H3,9,10);1H. The number of carbonyl (C=O) groups excluding carboxylic acids is 1. The van der Waals surface area contributed by atoms with Crippen molar-refractivity contribution < 1.29 is 9.53 Å². The molecule has 76 valence electrons. The van der Waals surface area contributed by atoms with Crippen LogP contribution in [0.5, 0.6) is 0 Å². The zero-order valence-corrected chi connectivity index (χ0v) is 8.30. The summed E-state index contributed by atoms with van der Waals surface area (Å²) in [5.41, 5.74) is 5.86. The first kappa shape index (κ1) is 12.4. The Bertz CT molecular complexity index is 337. The van der Waals surface area contributed by atoms with Crippen LogP contribution in [0.4, 0.5) is 0 Å². The summed E-state index contributed by atoms with van der Waals surface area (Å²) in [6, 6.07) is 3.00. The van der Waals surface area contributed by atoms with Crippen molar-refractivity contribution in [2.24, 2.45) is 5.73 Å². The number of ether oxygens (including phenoxy) is 1. The van der Waals surface area contributed by atoms with Gasteiger partial charge in [-0.1, -0.05) is 0 Å². The maximum Gasteiger partial charge on any atom is 0.339 e. The van der Waals surface area contributed by atoms with Crippen LogP contribution >= 0.6 is 12.4 Å². The Kier molecular flexibility index (Phi) is 4.58. The Morgan fingerprint density at radius 1 is 1.57 bits per heavy atom. The molecule has 3 N–H and O–H groups in total. The summed E-state index contributed by atoms with van der Waals surface area (Å²) in [7, 11) is 1.29. The van der Waals surface area contributed by atoms with Crippen LogP contribution in [0.15, 0.2) is 18.3 Å². The van der Waals surface area contributed by atoms with Crippen LogP contribution in [0.3, 0.4) is 0 Å². The highest BCUT2D eigenvalue weighted by molar-refractivity contribution is 5.94. The van der Waals surface area contributed by atoms with Crippen molar-refractivity contribution in [3.8, 4) is 0 Å². The van der Waals surface area contributed by atoms with Crippen molar-refractivity contribution in [1.82, 2.24) is 4.98 Å². The second-order valence-electron chi connectivity index (χ2n) is 2.34. The third kappa shape index (κ3) is 2.70. The molecule has 0 aliphatic heterocycles. The first-order valence-corrected chi connectivity index (χ1v) is 3.54. The zero-order valence-electron chi connectivity index (χ0n) is 7.48. The third-order valence-corrected chi connectivity index (χ3v) is 1.46.